The molecule has 2 heterocycles. The average Bonchev–Trinajstić information content (AvgIpc) is 3.30. The molecular formula is C23H24N4O. The fraction of sp³-hybridized carbons (Fsp3) is 0.304. The highest BCUT2D eigenvalue weighted by molar-refractivity contribution is 5.93. The highest BCUT2D eigenvalue weighted by Gasteiger charge is 2.34. The van der Waals surface area contributed by atoms with Crippen molar-refractivity contribution in [1.82, 2.24) is 20.0 Å². The minimum atomic E-state index is -0.0249. The van der Waals surface area contributed by atoms with Gasteiger partial charge in [-0.1, -0.05) is 48.5 Å². The SMILES string of the molecule is Cn1cc(C(=O)NC2CCN(C3c4ccccc4-c4ccccc43)CC2)cn1. The lowest BCUT2D eigenvalue weighted by Gasteiger charge is -2.37. The van der Waals surface area contributed by atoms with Crippen LogP contribution in [0, 0.1) is 0 Å². The highest BCUT2D eigenvalue weighted by Crippen LogP contribution is 2.46. The van der Waals surface area contributed by atoms with E-state index in [1.54, 1.807) is 17.1 Å². The van der Waals surface area contributed by atoms with Crippen LogP contribution in [0.5, 0.6) is 0 Å². The predicted molar refractivity (Wildman–Crippen MR) is 109 cm³/mol. The first-order valence-electron chi connectivity index (χ1n) is 9.92. The van der Waals surface area contributed by atoms with E-state index in [0.717, 1.165) is 25.9 Å². The number of hydrogen-bond acceptors (Lipinski definition) is 3. The number of fused-ring (bicyclic) bond motifs is 3. The smallest absolute Gasteiger partial charge is 0.254 e. The van der Waals surface area contributed by atoms with Crippen LogP contribution >= 0.6 is 0 Å². The number of benzene rings is 2. The second-order valence-electron chi connectivity index (χ2n) is 7.76. The van der Waals surface area contributed by atoms with Crippen molar-refractivity contribution in [2.45, 2.75) is 24.9 Å². The molecular weight excluding hydrogens is 348 g/mol. The number of likely N-dealkylation sites (tertiary alicyclic amines) is 1. The van der Waals surface area contributed by atoms with E-state index in [4.69, 9.17) is 0 Å². The van der Waals surface area contributed by atoms with Crippen LogP contribution in [0.1, 0.15) is 40.4 Å². The summed E-state index contributed by atoms with van der Waals surface area (Å²) in [6.07, 6.45) is 5.31. The molecule has 0 spiro atoms. The van der Waals surface area contributed by atoms with Crippen LogP contribution in [0.25, 0.3) is 11.1 Å². The molecule has 142 valence electrons. The molecule has 2 aliphatic rings. The Morgan fingerprint density at radius 3 is 2.18 bits per heavy atom. The third-order valence-electron chi connectivity index (χ3n) is 6.00. The fourth-order valence-electron chi connectivity index (χ4n) is 4.63. The van der Waals surface area contributed by atoms with Crippen LogP contribution in [-0.2, 0) is 7.05 Å². The second kappa shape index (κ2) is 6.91. The van der Waals surface area contributed by atoms with Crippen molar-refractivity contribution in [1.29, 1.82) is 0 Å². The molecule has 1 aliphatic carbocycles. The molecule has 0 saturated carbocycles. The van der Waals surface area contributed by atoms with Gasteiger partial charge in [-0.15, -0.1) is 0 Å². The zero-order chi connectivity index (χ0) is 19.1. The van der Waals surface area contributed by atoms with E-state index in [2.05, 4.69) is 63.8 Å². The molecule has 1 fully saturated rings. The Hall–Kier alpha value is -2.92. The lowest BCUT2D eigenvalue weighted by molar-refractivity contribution is 0.0901. The number of aryl methyl sites for hydroxylation is 1. The molecule has 0 bridgehead atoms. The standard InChI is InChI=1S/C23H24N4O/c1-26-15-16(14-24-26)23(28)25-17-10-12-27(13-11-17)22-20-8-4-2-6-18(20)19-7-3-5-9-21(19)22/h2-9,14-15,17,22H,10-13H2,1H3,(H,25,28). The van der Waals surface area contributed by atoms with Gasteiger partial charge in [-0.2, -0.15) is 5.10 Å². The van der Waals surface area contributed by atoms with Crippen LogP contribution in [0.4, 0.5) is 0 Å². The van der Waals surface area contributed by atoms with E-state index < -0.39 is 0 Å². The Balaban J connectivity index is 1.30. The summed E-state index contributed by atoms with van der Waals surface area (Å²) in [4.78, 5) is 15.0. The Morgan fingerprint density at radius 1 is 1.00 bits per heavy atom. The van der Waals surface area contributed by atoms with E-state index in [9.17, 15) is 4.79 Å². The summed E-state index contributed by atoms with van der Waals surface area (Å²) in [6.45, 7) is 1.96. The zero-order valence-corrected chi connectivity index (χ0v) is 16.0. The number of amides is 1. The van der Waals surface area contributed by atoms with Crippen molar-refractivity contribution in [3.05, 3.63) is 77.6 Å². The summed E-state index contributed by atoms with van der Waals surface area (Å²) >= 11 is 0. The maximum atomic E-state index is 12.4. The van der Waals surface area contributed by atoms with Crippen LogP contribution in [0.3, 0.4) is 0 Å². The number of aromatic nitrogens is 2. The summed E-state index contributed by atoms with van der Waals surface area (Å²) in [5, 5.41) is 7.26. The molecule has 0 atom stereocenters. The van der Waals surface area contributed by atoms with E-state index >= 15 is 0 Å². The minimum Gasteiger partial charge on any atom is -0.349 e. The first-order chi connectivity index (χ1) is 13.7. The Morgan fingerprint density at radius 2 is 1.61 bits per heavy atom. The molecule has 2 aromatic carbocycles. The molecule has 5 heteroatoms. The maximum absolute atomic E-state index is 12.4. The van der Waals surface area contributed by atoms with Crippen molar-refractivity contribution < 1.29 is 4.79 Å². The Labute approximate surface area is 165 Å². The third-order valence-corrected chi connectivity index (χ3v) is 6.00. The average molecular weight is 372 g/mol. The summed E-state index contributed by atoms with van der Waals surface area (Å²) in [7, 11) is 1.83. The van der Waals surface area contributed by atoms with E-state index in [1.807, 2.05) is 7.05 Å². The van der Waals surface area contributed by atoms with E-state index in [0.29, 0.717) is 11.6 Å². The Kier molecular flexibility index (Phi) is 4.24. The lowest BCUT2D eigenvalue weighted by atomic mass is 9.98. The van der Waals surface area contributed by atoms with Gasteiger partial charge in [-0.3, -0.25) is 14.4 Å². The van der Waals surface area contributed by atoms with Gasteiger partial charge < -0.3 is 5.32 Å². The quantitative estimate of drug-likeness (QED) is 0.767. The van der Waals surface area contributed by atoms with Crippen molar-refractivity contribution in [2.75, 3.05) is 13.1 Å². The highest BCUT2D eigenvalue weighted by atomic mass is 16.1. The molecule has 3 aromatic rings. The molecule has 5 nitrogen and oxygen atoms in total. The van der Waals surface area contributed by atoms with Crippen molar-refractivity contribution >= 4 is 5.91 Å². The number of carbonyl (C=O) groups excluding carboxylic acids is 1. The summed E-state index contributed by atoms with van der Waals surface area (Å²) < 4.78 is 1.66. The summed E-state index contributed by atoms with van der Waals surface area (Å²) in [5.74, 6) is -0.0249. The van der Waals surface area contributed by atoms with Gasteiger partial charge in [0.2, 0.25) is 0 Å². The van der Waals surface area contributed by atoms with Crippen molar-refractivity contribution in [2.24, 2.45) is 7.05 Å². The number of rotatable bonds is 3. The van der Waals surface area contributed by atoms with Crippen molar-refractivity contribution in [3.8, 4) is 11.1 Å². The first kappa shape index (κ1) is 17.2. The van der Waals surface area contributed by atoms with Gasteiger partial charge in [-0.05, 0) is 35.1 Å². The second-order valence-corrected chi connectivity index (χ2v) is 7.76. The lowest BCUT2D eigenvalue weighted by Crippen LogP contribution is -2.45. The molecule has 0 radical (unpaired) electrons. The molecule has 28 heavy (non-hydrogen) atoms. The molecule has 1 N–H and O–H groups in total. The summed E-state index contributed by atoms with van der Waals surface area (Å²) in [6, 6.07) is 18.0. The molecule has 1 amide bonds. The number of piperidine rings is 1. The fourth-order valence-corrected chi connectivity index (χ4v) is 4.63. The third kappa shape index (κ3) is 2.92. The van der Waals surface area contributed by atoms with Gasteiger partial charge >= 0.3 is 0 Å². The molecule has 0 unspecified atom stereocenters. The van der Waals surface area contributed by atoms with Gasteiger partial charge in [-0.25, -0.2) is 0 Å². The molecule has 1 saturated heterocycles. The summed E-state index contributed by atoms with van der Waals surface area (Å²) in [5.41, 5.74) is 6.15. The number of carbonyl (C=O) groups is 1. The molecule has 5 rings (SSSR count). The van der Waals surface area contributed by atoms with Gasteiger partial charge in [0.15, 0.2) is 0 Å². The number of hydrogen-bond donors (Lipinski definition) is 1. The molecule has 1 aliphatic heterocycles. The van der Waals surface area contributed by atoms with Crippen LogP contribution in [0.15, 0.2) is 60.9 Å². The normalized spacial score (nSPS) is 17.3. The number of nitrogens with zero attached hydrogens (tertiary/aromatic N) is 3. The zero-order valence-electron chi connectivity index (χ0n) is 16.0. The van der Waals surface area contributed by atoms with Crippen molar-refractivity contribution in [3.63, 3.8) is 0 Å². The van der Waals surface area contributed by atoms with Gasteiger partial charge in [0.05, 0.1) is 17.8 Å². The van der Waals surface area contributed by atoms with Crippen LogP contribution in [-0.4, -0.2) is 39.7 Å². The Bertz CT molecular complexity index is 971. The van der Waals surface area contributed by atoms with Crippen LogP contribution in [0.2, 0.25) is 0 Å². The van der Waals surface area contributed by atoms with Gasteiger partial charge in [0.25, 0.3) is 5.91 Å². The van der Waals surface area contributed by atoms with Crippen LogP contribution < -0.4 is 5.32 Å². The van der Waals surface area contributed by atoms with E-state index in [1.165, 1.54) is 22.3 Å². The minimum absolute atomic E-state index is 0.0249. The topological polar surface area (TPSA) is 50.2 Å². The first-order valence-corrected chi connectivity index (χ1v) is 9.92. The maximum Gasteiger partial charge on any atom is 0.254 e. The monoisotopic (exact) mass is 372 g/mol. The van der Waals surface area contributed by atoms with E-state index in [-0.39, 0.29) is 11.9 Å². The largest absolute Gasteiger partial charge is 0.349 e. The molecule has 1 aromatic heterocycles. The van der Waals surface area contributed by atoms with Gasteiger partial charge in [0, 0.05) is 32.4 Å². The predicted octanol–water partition coefficient (Wildman–Crippen LogP) is 3.38. The number of nitrogens with one attached hydrogen (secondary N) is 1. The van der Waals surface area contributed by atoms with Gasteiger partial charge in [0.1, 0.15) is 0 Å².